The molecule has 1 saturated heterocycles. The van der Waals surface area contributed by atoms with Crippen LogP contribution in [0.15, 0.2) is 0 Å². The van der Waals surface area contributed by atoms with Gasteiger partial charge in [-0.2, -0.15) is 0 Å². The van der Waals surface area contributed by atoms with Crippen LogP contribution in [0, 0.1) is 5.92 Å². The summed E-state index contributed by atoms with van der Waals surface area (Å²) >= 11 is 0. The quantitative estimate of drug-likeness (QED) is 0.740. The molecule has 0 aromatic heterocycles. The van der Waals surface area contributed by atoms with Gasteiger partial charge in [0.2, 0.25) is 5.91 Å². The van der Waals surface area contributed by atoms with Crippen LogP contribution in [-0.4, -0.2) is 36.5 Å². The molecule has 0 unspecified atom stereocenters. The van der Waals surface area contributed by atoms with Crippen LogP contribution in [0.4, 0.5) is 0 Å². The van der Waals surface area contributed by atoms with Crippen molar-refractivity contribution in [3.05, 3.63) is 0 Å². The predicted molar refractivity (Wildman–Crippen MR) is 58.1 cm³/mol. The van der Waals surface area contributed by atoms with Crippen LogP contribution in [0.1, 0.15) is 33.6 Å². The highest BCUT2D eigenvalue weighted by Gasteiger charge is 2.19. The third-order valence-corrected chi connectivity index (χ3v) is 2.80. The van der Waals surface area contributed by atoms with Crippen LogP contribution in [0.25, 0.3) is 0 Å². The lowest BCUT2D eigenvalue weighted by molar-refractivity contribution is -0.131. The molecule has 3 nitrogen and oxygen atoms in total. The standard InChI is InChI=1S/C11H22N2O/c1-9(2)12-8-11(14)13-6-4-10(3)5-7-13/h9-10,12H,4-8H2,1-3H3. The topological polar surface area (TPSA) is 32.3 Å². The van der Waals surface area contributed by atoms with E-state index in [2.05, 4.69) is 26.1 Å². The van der Waals surface area contributed by atoms with Crippen LogP contribution in [0.2, 0.25) is 0 Å². The summed E-state index contributed by atoms with van der Waals surface area (Å²) in [5, 5.41) is 3.16. The molecule has 1 heterocycles. The fraction of sp³-hybridized carbons (Fsp3) is 0.909. The van der Waals surface area contributed by atoms with Crippen molar-refractivity contribution in [2.24, 2.45) is 5.92 Å². The Bertz CT molecular complexity index is 184. The Labute approximate surface area is 86.9 Å². The van der Waals surface area contributed by atoms with Crippen LogP contribution in [0.3, 0.4) is 0 Å². The Morgan fingerprint density at radius 2 is 2.00 bits per heavy atom. The molecule has 0 radical (unpaired) electrons. The van der Waals surface area contributed by atoms with Crippen LogP contribution < -0.4 is 5.32 Å². The molecule has 1 aliphatic heterocycles. The zero-order valence-electron chi connectivity index (χ0n) is 9.55. The van der Waals surface area contributed by atoms with E-state index in [1.807, 2.05) is 4.90 Å². The van der Waals surface area contributed by atoms with Gasteiger partial charge in [0.15, 0.2) is 0 Å². The molecule has 1 N–H and O–H groups in total. The Kier molecular flexibility index (Phi) is 4.39. The SMILES string of the molecule is CC1CCN(C(=O)CNC(C)C)CC1. The summed E-state index contributed by atoms with van der Waals surface area (Å²) in [4.78, 5) is 13.7. The number of hydrogen-bond donors (Lipinski definition) is 1. The van der Waals surface area contributed by atoms with Crippen molar-refractivity contribution < 1.29 is 4.79 Å². The zero-order valence-corrected chi connectivity index (χ0v) is 9.55. The van der Waals surface area contributed by atoms with E-state index in [0.29, 0.717) is 12.6 Å². The molecule has 0 aromatic carbocycles. The number of amides is 1. The Hall–Kier alpha value is -0.570. The molecule has 0 aliphatic carbocycles. The maximum atomic E-state index is 11.7. The summed E-state index contributed by atoms with van der Waals surface area (Å²) in [7, 11) is 0. The number of piperidine rings is 1. The minimum atomic E-state index is 0.255. The van der Waals surface area contributed by atoms with E-state index in [1.165, 1.54) is 0 Å². The maximum absolute atomic E-state index is 11.7. The van der Waals surface area contributed by atoms with Gasteiger partial charge in [0, 0.05) is 19.1 Å². The monoisotopic (exact) mass is 198 g/mol. The molecular weight excluding hydrogens is 176 g/mol. The van der Waals surface area contributed by atoms with Crippen molar-refractivity contribution in [3.63, 3.8) is 0 Å². The summed E-state index contributed by atoms with van der Waals surface area (Å²) < 4.78 is 0. The predicted octanol–water partition coefficient (Wildman–Crippen LogP) is 1.24. The highest BCUT2D eigenvalue weighted by atomic mass is 16.2. The fourth-order valence-electron chi connectivity index (χ4n) is 1.66. The second-order valence-corrected chi connectivity index (χ2v) is 4.60. The van der Waals surface area contributed by atoms with Gasteiger partial charge in [-0.05, 0) is 18.8 Å². The van der Waals surface area contributed by atoms with Gasteiger partial charge < -0.3 is 10.2 Å². The van der Waals surface area contributed by atoms with Crippen LogP contribution in [0.5, 0.6) is 0 Å². The van der Waals surface area contributed by atoms with Gasteiger partial charge >= 0.3 is 0 Å². The van der Waals surface area contributed by atoms with Crippen molar-refractivity contribution in [1.29, 1.82) is 0 Å². The number of nitrogens with one attached hydrogen (secondary N) is 1. The van der Waals surface area contributed by atoms with Gasteiger partial charge in [-0.25, -0.2) is 0 Å². The smallest absolute Gasteiger partial charge is 0.236 e. The van der Waals surface area contributed by atoms with Crippen LogP contribution >= 0.6 is 0 Å². The van der Waals surface area contributed by atoms with Gasteiger partial charge in [-0.1, -0.05) is 20.8 Å². The molecule has 0 aromatic rings. The Morgan fingerprint density at radius 3 is 2.50 bits per heavy atom. The summed E-state index contributed by atoms with van der Waals surface area (Å²) in [6.45, 7) is 8.76. The highest BCUT2D eigenvalue weighted by molar-refractivity contribution is 5.78. The van der Waals surface area contributed by atoms with E-state index in [-0.39, 0.29) is 5.91 Å². The Morgan fingerprint density at radius 1 is 1.43 bits per heavy atom. The second-order valence-electron chi connectivity index (χ2n) is 4.60. The average Bonchev–Trinajstić information content (AvgIpc) is 2.15. The normalized spacial score (nSPS) is 19.0. The summed E-state index contributed by atoms with van der Waals surface area (Å²) in [6, 6.07) is 0.391. The first-order chi connectivity index (χ1) is 6.59. The first kappa shape index (κ1) is 11.5. The lowest BCUT2D eigenvalue weighted by Gasteiger charge is -2.30. The zero-order chi connectivity index (χ0) is 10.6. The first-order valence-corrected chi connectivity index (χ1v) is 5.60. The average molecular weight is 198 g/mol. The minimum absolute atomic E-state index is 0.255. The van der Waals surface area contributed by atoms with Gasteiger partial charge in [-0.3, -0.25) is 4.79 Å². The third kappa shape index (κ3) is 3.66. The molecule has 0 atom stereocenters. The van der Waals surface area contributed by atoms with E-state index < -0.39 is 0 Å². The number of carbonyl (C=O) groups excluding carboxylic acids is 1. The summed E-state index contributed by atoms with van der Waals surface area (Å²) in [6.07, 6.45) is 2.32. The molecule has 1 amide bonds. The van der Waals surface area contributed by atoms with Gasteiger partial charge in [0.25, 0.3) is 0 Å². The first-order valence-electron chi connectivity index (χ1n) is 5.60. The van der Waals surface area contributed by atoms with E-state index >= 15 is 0 Å². The molecule has 0 bridgehead atoms. The molecule has 3 heteroatoms. The van der Waals surface area contributed by atoms with Gasteiger partial charge in [-0.15, -0.1) is 0 Å². The van der Waals surface area contributed by atoms with E-state index in [4.69, 9.17) is 0 Å². The number of rotatable bonds is 3. The third-order valence-electron chi connectivity index (χ3n) is 2.80. The van der Waals surface area contributed by atoms with Crippen molar-refractivity contribution in [3.8, 4) is 0 Å². The van der Waals surface area contributed by atoms with Gasteiger partial charge in [0.1, 0.15) is 0 Å². The number of nitrogens with zero attached hydrogens (tertiary/aromatic N) is 1. The highest BCUT2D eigenvalue weighted by Crippen LogP contribution is 2.15. The van der Waals surface area contributed by atoms with Gasteiger partial charge in [0.05, 0.1) is 6.54 Å². The van der Waals surface area contributed by atoms with Crippen molar-refractivity contribution >= 4 is 5.91 Å². The van der Waals surface area contributed by atoms with Crippen molar-refractivity contribution in [2.45, 2.75) is 39.7 Å². The van der Waals surface area contributed by atoms with Crippen LogP contribution in [-0.2, 0) is 4.79 Å². The van der Waals surface area contributed by atoms with E-state index in [0.717, 1.165) is 31.8 Å². The molecule has 14 heavy (non-hydrogen) atoms. The Balaban J connectivity index is 2.24. The largest absolute Gasteiger partial charge is 0.342 e. The molecule has 0 spiro atoms. The number of likely N-dealkylation sites (tertiary alicyclic amines) is 1. The van der Waals surface area contributed by atoms with E-state index in [9.17, 15) is 4.79 Å². The maximum Gasteiger partial charge on any atom is 0.236 e. The van der Waals surface area contributed by atoms with E-state index in [1.54, 1.807) is 0 Å². The van der Waals surface area contributed by atoms with Crippen molar-refractivity contribution in [1.82, 2.24) is 10.2 Å². The summed E-state index contributed by atoms with van der Waals surface area (Å²) in [5.41, 5.74) is 0. The molecule has 1 rings (SSSR count). The molecule has 1 aliphatic rings. The number of hydrogen-bond acceptors (Lipinski definition) is 2. The minimum Gasteiger partial charge on any atom is -0.342 e. The lowest BCUT2D eigenvalue weighted by atomic mass is 9.99. The molecule has 1 fully saturated rings. The molecule has 0 saturated carbocycles. The van der Waals surface area contributed by atoms with Crippen molar-refractivity contribution in [2.75, 3.05) is 19.6 Å². The molecule has 82 valence electrons. The number of carbonyl (C=O) groups is 1. The second kappa shape index (κ2) is 5.35. The fourth-order valence-corrected chi connectivity index (χ4v) is 1.66. The summed E-state index contributed by atoms with van der Waals surface area (Å²) in [5.74, 6) is 1.04. The molecular formula is C11H22N2O. The lowest BCUT2D eigenvalue weighted by Crippen LogP contribution is -2.43.